The molecular weight excluding hydrogens is 250 g/mol. The van der Waals surface area contributed by atoms with E-state index >= 15 is 0 Å². The summed E-state index contributed by atoms with van der Waals surface area (Å²) in [5.74, 6) is -2.27. The Morgan fingerprint density at radius 1 is 1.00 bits per heavy atom. The molecule has 0 radical (unpaired) electrons. The number of aliphatic carboxylic acids is 2. The van der Waals surface area contributed by atoms with Crippen molar-refractivity contribution in [1.29, 1.82) is 0 Å². The van der Waals surface area contributed by atoms with Gasteiger partial charge in [-0.05, 0) is 12.8 Å². The largest absolute Gasteiger partial charge is 0.481 e. The first-order chi connectivity index (χ1) is 8.96. The van der Waals surface area contributed by atoms with Crippen molar-refractivity contribution in [1.82, 2.24) is 5.32 Å². The molecule has 6 heteroatoms. The zero-order valence-electron chi connectivity index (χ0n) is 11.0. The maximum absolute atomic E-state index is 11.7. The van der Waals surface area contributed by atoms with Crippen LogP contribution in [-0.2, 0) is 14.4 Å². The number of carbonyl (C=O) groups excluding carboxylic acids is 1. The summed E-state index contributed by atoms with van der Waals surface area (Å²) < 4.78 is 0. The molecule has 0 unspecified atom stereocenters. The highest BCUT2D eigenvalue weighted by molar-refractivity contribution is 5.85. The summed E-state index contributed by atoms with van der Waals surface area (Å²) in [6.07, 6.45) is 4.52. The van der Waals surface area contributed by atoms with Crippen molar-refractivity contribution in [2.75, 3.05) is 6.54 Å². The molecule has 0 aliphatic heterocycles. The van der Waals surface area contributed by atoms with Gasteiger partial charge >= 0.3 is 11.9 Å². The smallest absolute Gasteiger partial charge is 0.310 e. The Labute approximate surface area is 112 Å². The summed E-state index contributed by atoms with van der Waals surface area (Å²) in [4.78, 5) is 33.6. The molecule has 0 bridgehead atoms. The molecule has 0 spiro atoms. The zero-order valence-corrected chi connectivity index (χ0v) is 11.0. The molecule has 3 N–H and O–H groups in total. The van der Waals surface area contributed by atoms with Gasteiger partial charge in [-0.15, -0.1) is 0 Å². The molecular formula is C13H21NO5. The van der Waals surface area contributed by atoms with E-state index in [-0.39, 0.29) is 25.3 Å². The molecule has 1 saturated carbocycles. The van der Waals surface area contributed by atoms with Crippen LogP contribution in [0.5, 0.6) is 0 Å². The molecule has 0 heterocycles. The molecule has 1 aliphatic rings. The Morgan fingerprint density at radius 2 is 1.58 bits per heavy atom. The molecule has 6 nitrogen and oxygen atoms in total. The minimum Gasteiger partial charge on any atom is -0.481 e. The van der Waals surface area contributed by atoms with Crippen LogP contribution in [0.2, 0.25) is 0 Å². The van der Waals surface area contributed by atoms with E-state index in [0.29, 0.717) is 12.8 Å². The summed E-state index contributed by atoms with van der Waals surface area (Å²) in [7, 11) is 0. The molecule has 0 aromatic rings. The first-order valence-corrected chi connectivity index (χ1v) is 6.68. The van der Waals surface area contributed by atoms with E-state index < -0.39 is 17.4 Å². The quantitative estimate of drug-likeness (QED) is 0.633. The molecule has 108 valence electrons. The van der Waals surface area contributed by atoms with Gasteiger partial charge in [0.25, 0.3) is 0 Å². The molecule has 19 heavy (non-hydrogen) atoms. The van der Waals surface area contributed by atoms with Gasteiger partial charge in [-0.1, -0.05) is 25.7 Å². The van der Waals surface area contributed by atoms with E-state index in [9.17, 15) is 19.5 Å². The lowest BCUT2D eigenvalue weighted by Gasteiger charge is -2.27. The van der Waals surface area contributed by atoms with Crippen LogP contribution >= 0.6 is 0 Å². The lowest BCUT2D eigenvalue weighted by Crippen LogP contribution is -2.38. The summed E-state index contributed by atoms with van der Waals surface area (Å²) in [5, 5.41) is 20.4. The molecule has 1 amide bonds. The van der Waals surface area contributed by atoms with Gasteiger partial charge in [-0.25, -0.2) is 0 Å². The minimum atomic E-state index is -0.984. The van der Waals surface area contributed by atoms with Crippen LogP contribution in [-0.4, -0.2) is 34.6 Å². The maximum atomic E-state index is 11.7. The lowest BCUT2D eigenvalue weighted by molar-refractivity contribution is -0.153. The second-order valence-corrected chi connectivity index (χ2v) is 5.17. The first kappa shape index (κ1) is 15.5. The van der Waals surface area contributed by atoms with Crippen molar-refractivity contribution in [3.8, 4) is 0 Å². The maximum Gasteiger partial charge on any atom is 0.310 e. The van der Waals surface area contributed by atoms with Crippen LogP contribution in [0.15, 0.2) is 0 Å². The van der Waals surface area contributed by atoms with Gasteiger partial charge in [0.05, 0.1) is 11.8 Å². The van der Waals surface area contributed by atoms with E-state index in [0.717, 1.165) is 25.7 Å². The summed E-state index contributed by atoms with van der Waals surface area (Å²) in [6.45, 7) is 0.0455. The number of carboxylic acids is 2. The predicted octanol–water partition coefficient (Wildman–Crippen LogP) is 1.39. The van der Waals surface area contributed by atoms with E-state index in [2.05, 4.69) is 5.32 Å². The van der Waals surface area contributed by atoms with Crippen LogP contribution in [0.25, 0.3) is 0 Å². The van der Waals surface area contributed by atoms with E-state index in [1.54, 1.807) is 0 Å². The molecule has 1 fully saturated rings. The average molecular weight is 271 g/mol. The Kier molecular flexibility index (Phi) is 5.79. The van der Waals surface area contributed by atoms with Crippen molar-refractivity contribution >= 4 is 17.8 Å². The molecule has 1 rings (SSSR count). The number of hydrogen-bond acceptors (Lipinski definition) is 3. The van der Waals surface area contributed by atoms with Crippen LogP contribution in [0.1, 0.15) is 51.4 Å². The Balaban J connectivity index is 2.55. The van der Waals surface area contributed by atoms with Crippen LogP contribution in [0.4, 0.5) is 0 Å². The predicted molar refractivity (Wildman–Crippen MR) is 67.7 cm³/mol. The Bertz CT molecular complexity index is 345. The highest BCUT2D eigenvalue weighted by atomic mass is 16.4. The van der Waals surface area contributed by atoms with Gasteiger partial charge in [0, 0.05) is 13.0 Å². The number of amides is 1. The third-order valence-electron chi connectivity index (χ3n) is 3.67. The first-order valence-electron chi connectivity index (χ1n) is 6.68. The van der Waals surface area contributed by atoms with Crippen LogP contribution < -0.4 is 5.32 Å². The fourth-order valence-electron chi connectivity index (χ4n) is 2.55. The fourth-order valence-corrected chi connectivity index (χ4v) is 2.55. The van der Waals surface area contributed by atoms with Gasteiger partial charge in [0.15, 0.2) is 0 Å². The summed E-state index contributed by atoms with van der Waals surface area (Å²) in [5.41, 5.74) is -0.968. The van der Waals surface area contributed by atoms with Gasteiger partial charge in [-0.2, -0.15) is 0 Å². The molecule has 0 saturated heterocycles. The highest BCUT2D eigenvalue weighted by Gasteiger charge is 2.40. The topological polar surface area (TPSA) is 104 Å². The van der Waals surface area contributed by atoms with E-state index in [1.165, 1.54) is 0 Å². The van der Waals surface area contributed by atoms with Gasteiger partial charge in [0.2, 0.25) is 5.91 Å². The molecule has 0 aromatic carbocycles. The van der Waals surface area contributed by atoms with Crippen molar-refractivity contribution in [2.45, 2.75) is 51.4 Å². The van der Waals surface area contributed by atoms with Crippen LogP contribution in [0.3, 0.4) is 0 Å². The monoisotopic (exact) mass is 271 g/mol. The highest BCUT2D eigenvalue weighted by Crippen LogP contribution is 2.38. The number of carboxylic acid groups (broad SMARTS) is 2. The summed E-state index contributed by atoms with van der Waals surface area (Å²) >= 11 is 0. The number of hydrogen-bond donors (Lipinski definition) is 3. The van der Waals surface area contributed by atoms with Crippen molar-refractivity contribution < 1.29 is 24.6 Å². The zero-order chi connectivity index (χ0) is 14.3. The van der Waals surface area contributed by atoms with E-state index in [1.807, 2.05) is 0 Å². The standard InChI is InChI=1S/C13H21NO5/c15-10(14-8-5-11(16)17)9-13(12(18)19)6-3-1-2-4-7-13/h1-9H2,(H,14,15)(H,16,17)(H,18,19). The van der Waals surface area contributed by atoms with Gasteiger partial charge in [-0.3, -0.25) is 14.4 Å². The minimum absolute atomic E-state index is 0.0455. The molecule has 0 aromatic heterocycles. The second kappa shape index (κ2) is 7.11. The normalized spacial score (nSPS) is 18.3. The van der Waals surface area contributed by atoms with Gasteiger partial charge < -0.3 is 15.5 Å². The van der Waals surface area contributed by atoms with Crippen molar-refractivity contribution in [2.24, 2.45) is 5.41 Å². The average Bonchev–Trinajstić information content (AvgIpc) is 2.55. The third kappa shape index (κ3) is 4.89. The second-order valence-electron chi connectivity index (χ2n) is 5.17. The summed E-state index contributed by atoms with van der Waals surface area (Å²) in [6, 6.07) is 0. The van der Waals surface area contributed by atoms with Crippen LogP contribution in [0, 0.1) is 5.41 Å². The number of nitrogens with one attached hydrogen (secondary N) is 1. The number of rotatable bonds is 6. The molecule has 0 atom stereocenters. The third-order valence-corrected chi connectivity index (χ3v) is 3.67. The SMILES string of the molecule is O=C(O)CCNC(=O)CC1(C(=O)O)CCCCCC1. The van der Waals surface area contributed by atoms with E-state index in [4.69, 9.17) is 5.11 Å². The van der Waals surface area contributed by atoms with Gasteiger partial charge in [0.1, 0.15) is 0 Å². The Morgan fingerprint density at radius 3 is 2.05 bits per heavy atom. The van der Waals surface area contributed by atoms with Crippen molar-refractivity contribution in [3.05, 3.63) is 0 Å². The Hall–Kier alpha value is -1.59. The molecule has 1 aliphatic carbocycles. The van der Waals surface area contributed by atoms with Crippen molar-refractivity contribution in [3.63, 3.8) is 0 Å². The lowest BCUT2D eigenvalue weighted by atomic mass is 9.77. The fraction of sp³-hybridized carbons (Fsp3) is 0.769. The number of carbonyl (C=O) groups is 3.